The summed E-state index contributed by atoms with van der Waals surface area (Å²) in [7, 11) is 1.49. The van der Waals surface area contributed by atoms with Gasteiger partial charge in [-0.25, -0.2) is 0 Å². The van der Waals surface area contributed by atoms with Crippen molar-refractivity contribution in [1.82, 2.24) is 9.78 Å². The Labute approximate surface area is 148 Å². The van der Waals surface area contributed by atoms with Crippen molar-refractivity contribution >= 4 is 27.9 Å². The molecule has 25 heavy (non-hydrogen) atoms. The summed E-state index contributed by atoms with van der Waals surface area (Å²) < 4.78 is 1.20. The third-order valence-corrected chi connectivity index (χ3v) is 5.61. The summed E-state index contributed by atoms with van der Waals surface area (Å²) in [5.74, 6) is -0.0833. The zero-order chi connectivity index (χ0) is 18.3. The van der Waals surface area contributed by atoms with Gasteiger partial charge in [0.05, 0.1) is 10.5 Å². The Hall–Kier alpha value is -2.73. The highest BCUT2D eigenvalue weighted by Gasteiger charge is 2.31. The van der Waals surface area contributed by atoms with E-state index in [2.05, 4.69) is 23.4 Å². The van der Waals surface area contributed by atoms with Gasteiger partial charge in [-0.2, -0.15) is 10.4 Å². The van der Waals surface area contributed by atoms with Gasteiger partial charge in [-0.3, -0.25) is 19.6 Å². The number of aromatic nitrogens is 2. The van der Waals surface area contributed by atoms with Crippen LogP contribution in [-0.4, -0.2) is 20.6 Å². The van der Waals surface area contributed by atoms with E-state index < -0.39 is 10.8 Å². The van der Waals surface area contributed by atoms with Crippen LogP contribution in [-0.2, 0) is 19.9 Å². The zero-order valence-corrected chi connectivity index (χ0v) is 14.9. The van der Waals surface area contributed by atoms with Crippen LogP contribution in [0.1, 0.15) is 45.5 Å². The summed E-state index contributed by atoms with van der Waals surface area (Å²) in [6.07, 6.45) is 2.71. The maximum Gasteiger partial charge on any atom is 0.322 e. The normalized spacial score (nSPS) is 16.2. The number of anilines is 1. The van der Waals surface area contributed by atoms with Crippen LogP contribution < -0.4 is 5.32 Å². The Bertz CT molecular complexity index is 921. The molecular formula is C16H17N5O3S. The number of nitriles is 1. The van der Waals surface area contributed by atoms with E-state index >= 15 is 0 Å². The summed E-state index contributed by atoms with van der Waals surface area (Å²) in [4.78, 5) is 24.4. The Kier molecular flexibility index (Phi) is 4.30. The highest BCUT2D eigenvalue weighted by atomic mass is 32.1. The highest BCUT2D eigenvalue weighted by molar-refractivity contribution is 7.16. The lowest BCUT2D eigenvalue weighted by molar-refractivity contribution is -0.385. The number of carbonyl (C=O) groups excluding carboxylic acids is 1. The predicted molar refractivity (Wildman–Crippen MR) is 92.8 cm³/mol. The van der Waals surface area contributed by atoms with E-state index in [0.29, 0.717) is 16.5 Å². The average Bonchev–Trinajstić information content (AvgIpc) is 3.02. The zero-order valence-electron chi connectivity index (χ0n) is 14.1. The number of rotatable bonds is 3. The Balaban J connectivity index is 1.98. The molecule has 2 heterocycles. The summed E-state index contributed by atoms with van der Waals surface area (Å²) in [5.41, 5.74) is 1.22. The number of nitrogens with zero attached hydrogens (tertiary/aromatic N) is 4. The SMILES string of the molecule is Cc1nn(C)c(C(=O)Nc2sc3c(c2C#N)CCC(C)C3)c1[N+](=O)[O-]. The van der Waals surface area contributed by atoms with Crippen molar-refractivity contribution in [2.75, 3.05) is 5.32 Å². The van der Waals surface area contributed by atoms with Crippen molar-refractivity contribution in [1.29, 1.82) is 5.26 Å². The number of nitrogens with one attached hydrogen (secondary N) is 1. The van der Waals surface area contributed by atoms with E-state index in [0.717, 1.165) is 29.7 Å². The maximum absolute atomic E-state index is 12.6. The fourth-order valence-corrected chi connectivity index (χ4v) is 4.60. The molecule has 0 aromatic carbocycles. The molecule has 2 aromatic heterocycles. The first kappa shape index (κ1) is 17.1. The minimum atomic E-state index is -0.627. The fraction of sp³-hybridized carbons (Fsp3) is 0.438. The van der Waals surface area contributed by atoms with Crippen LogP contribution in [0.3, 0.4) is 0 Å². The molecular weight excluding hydrogens is 342 g/mol. The number of thiophene rings is 1. The average molecular weight is 359 g/mol. The van der Waals surface area contributed by atoms with E-state index in [9.17, 15) is 20.2 Å². The van der Waals surface area contributed by atoms with Gasteiger partial charge in [0.25, 0.3) is 5.91 Å². The van der Waals surface area contributed by atoms with Gasteiger partial charge >= 0.3 is 5.69 Å². The second kappa shape index (κ2) is 6.29. The third kappa shape index (κ3) is 2.89. The van der Waals surface area contributed by atoms with E-state index in [4.69, 9.17) is 0 Å². The monoisotopic (exact) mass is 359 g/mol. The molecule has 1 amide bonds. The Morgan fingerprint density at radius 3 is 2.92 bits per heavy atom. The molecule has 0 saturated heterocycles. The molecule has 0 radical (unpaired) electrons. The molecule has 9 heteroatoms. The number of fused-ring (bicyclic) bond motifs is 1. The number of hydrogen-bond donors (Lipinski definition) is 1. The lowest BCUT2D eigenvalue weighted by atomic mass is 9.88. The van der Waals surface area contributed by atoms with Gasteiger partial charge < -0.3 is 5.32 Å². The summed E-state index contributed by atoms with van der Waals surface area (Å²) in [6.45, 7) is 3.65. The third-order valence-electron chi connectivity index (χ3n) is 4.44. The van der Waals surface area contributed by atoms with Crippen molar-refractivity contribution in [2.24, 2.45) is 13.0 Å². The van der Waals surface area contributed by atoms with Crippen LogP contribution in [0.25, 0.3) is 0 Å². The molecule has 0 saturated carbocycles. The molecule has 2 aromatic rings. The van der Waals surface area contributed by atoms with Crippen molar-refractivity contribution in [3.8, 4) is 6.07 Å². The number of nitro groups is 1. The number of hydrogen-bond acceptors (Lipinski definition) is 6. The van der Waals surface area contributed by atoms with Gasteiger partial charge in [0, 0.05) is 11.9 Å². The first-order valence-corrected chi connectivity index (χ1v) is 8.69. The fourth-order valence-electron chi connectivity index (χ4n) is 3.24. The van der Waals surface area contributed by atoms with Crippen LogP contribution in [0.15, 0.2) is 0 Å². The second-order valence-electron chi connectivity index (χ2n) is 6.29. The number of aryl methyl sites for hydroxylation is 2. The van der Waals surface area contributed by atoms with E-state index in [-0.39, 0.29) is 17.1 Å². The standard InChI is InChI=1S/C16H17N5O3S/c1-8-4-5-10-11(7-17)16(25-12(10)6-8)18-15(22)14-13(21(23)24)9(2)19-20(14)3/h8H,4-6H2,1-3H3,(H,18,22). The van der Waals surface area contributed by atoms with E-state index in [1.54, 1.807) is 0 Å². The molecule has 0 aliphatic heterocycles. The van der Waals surface area contributed by atoms with Crippen LogP contribution in [0.5, 0.6) is 0 Å². The van der Waals surface area contributed by atoms with Crippen LogP contribution in [0, 0.1) is 34.3 Å². The van der Waals surface area contributed by atoms with Gasteiger partial charge in [0.2, 0.25) is 5.69 Å². The van der Waals surface area contributed by atoms with Crippen molar-refractivity contribution in [3.05, 3.63) is 37.5 Å². The molecule has 3 rings (SSSR count). The van der Waals surface area contributed by atoms with Gasteiger partial charge in [-0.15, -0.1) is 11.3 Å². The maximum atomic E-state index is 12.6. The molecule has 1 atom stereocenters. The second-order valence-corrected chi connectivity index (χ2v) is 7.39. The van der Waals surface area contributed by atoms with Crippen LogP contribution in [0.4, 0.5) is 10.7 Å². The largest absolute Gasteiger partial charge is 0.322 e. The summed E-state index contributed by atoms with van der Waals surface area (Å²) in [5, 5.41) is 27.9. The molecule has 1 N–H and O–H groups in total. The van der Waals surface area contributed by atoms with E-state index in [1.165, 1.54) is 30.0 Å². The summed E-state index contributed by atoms with van der Waals surface area (Å²) >= 11 is 1.39. The Morgan fingerprint density at radius 2 is 2.28 bits per heavy atom. The molecule has 1 aliphatic carbocycles. The molecule has 1 unspecified atom stereocenters. The highest BCUT2D eigenvalue weighted by Crippen LogP contribution is 2.39. The number of carbonyl (C=O) groups is 1. The van der Waals surface area contributed by atoms with Crippen LogP contribution in [0.2, 0.25) is 0 Å². The van der Waals surface area contributed by atoms with Gasteiger partial charge in [-0.1, -0.05) is 6.92 Å². The quantitative estimate of drug-likeness (QED) is 0.668. The summed E-state index contributed by atoms with van der Waals surface area (Å²) in [6, 6.07) is 2.17. The Morgan fingerprint density at radius 1 is 1.56 bits per heavy atom. The smallest absolute Gasteiger partial charge is 0.311 e. The van der Waals surface area contributed by atoms with Crippen molar-refractivity contribution < 1.29 is 9.72 Å². The first-order chi connectivity index (χ1) is 11.8. The molecule has 0 fully saturated rings. The minimum absolute atomic E-state index is 0.119. The first-order valence-electron chi connectivity index (χ1n) is 7.87. The lowest BCUT2D eigenvalue weighted by Crippen LogP contribution is -2.17. The van der Waals surface area contributed by atoms with Gasteiger partial charge in [-0.05, 0) is 37.7 Å². The molecule has 0 spiro atoms. The topological polar surface area (TPSA) is 114 Å². The molecule has 0 bridgehead atoms. The minimum Gasteiger partial charge on any atom is -0.311 e. The molecule has 1 aliphatic rings. The molecule has 8 nitrogen and oxygen atoms in total. The van der Waals surface area contributed by atoms with Gasteiger partial charge in [0.15, 0.2) is 0 Å². The lowest BCUT2D eigenvalue weighted by Gasteiger charge is -2.17. The van der Waals surface area contributed by atoms with Crippen LogP contribution >= 0.6 is 11.3 Å². The van der Waals surface area contributed by atoms with Gasteiger partial charge in [0.1, 0.15) is 16.8 Å². The van der Waals surface area contributed by atoms with Crippen molar-refractivity contribution in [2.45, 2.75) is 33.1 Å². The van der Waals surface area contributed by atoms with E-state index in [1.807, 2.05) is 0 Å². The number of amides is 1. The predicted octanol–water partition coefficient (Wildman–Crippen LogP) is 2.95. The molecule has 130 valence electrons. The van der Waals surface area contributed by atoms with Crippen molar-refractivity contribution in [3.63, 3.8) is 0 Å².